The zero-order chi connectivity index (χ0) is 18.8. The van der Waals surface area contributed by atoms with Gasteiger partial charge in [0.25, 0.3) is 0 Å². The van der Waals surface area contributed by atoms with E-state index >= 15 is 0 Å². The van der Waals surface area contributed by atoms with E-state index in [-0.39, 0.29) is 0 Å². The maximum absolute atomic E-state index is 6.61. The van der Waals surface area contributed by atoms with E-state index in [1.54, 1.807) is 0 Å². The van der Waals surface area contributed by atoms with Crippen LogP contribution in [0, 0.1) is 0 Å². The van der Waals surface area contributed by atoms with Gasteiger partial charge < -0.3 is 4.43 Å². The molecule has 0 radical (unpaired) electrons. The van der Waals surface area contributed by atoms with Crippen LogP contribution in [0.1, 0.15) is 124 Å². The minimum atomic E-state index is -1.45. The zero-order valence-electron chi connectivity index (χ0n) is 18.5. The third-order valence-corrected chi connectivity index (χ3v) is 7.98. The summed E-state index contributed by atoms with van der Waals surface area (Å²) in [4.78, 5) is 0. The highest BCUT2D eigenvalue weighted by Crippen LogP contribution is 2.22. The fraction of sp³-hybridized carbons (Fsp3) is 1.00. The SMILES string of the molecule is CCCCCCCCCCC(CC)O[Si](C)(C)CCCCCCCC. The summed E-state index contributed by atoms with van der Waals surface area (Å²) in [6.07, 6.45) is 22.7. The van der Waals surface area contributed by atoms with Crippen LogP contribution in [0.4, 0.5) is 0 Å². The van der Waals surface area contributed by atoms with Crippen LogP contribution in [0.3, 0.4) is 0 Å². The van der Waals surface area contributed by atoms with E-state index in [4.69, 9.17) is 4.43 Å². The molecule has 0 aromatic carbocycles. The first-order valence-electron chi connectivity index (χ1n) is 11.7. The van der Waals surface area contributed by atoms with Crippen LogP contribution in [-0.2, 0) is 4.43 Å². The minimum absolute atomic E-state index is 0.529. The van der Waals surface area contributed by atoms with Crippen molar-refractivity contribution in [2.24, 2.45) is 0 Å². The highest BCUT2D eigenvalue weighted by atomic mass is 28.4. The lowest BCUT2D eigenvalue weighted by atomic mass is 10.0. The molecular weight excluding hydrogens is 320 g/mol. The smallest absolute Gasteiger partial charge is 0.187 e. The molecule has 2 heteroatoms. The van der Waals surface area contributed by atoms with Crippen LogP contribution in [0.25, 0.3) is 0 Å². The largest absolute Gasteiger partial charge is 0.414 e. The molecule has 0 aromatic heterocycles. The Morgan fingerprint density at radius 1 is 0.600 bits per heavy atom. The van der Waals surface area contributed by atoms with Gasteiger partial charge in [0, 0.05) is 6.10 Å². The summed E-state index contributed by atoms with van der Waals surface area (Å²) in [5, 5.41) is 0. The summed E-state index contributed by atoms with van der Waals surface area (Å²) in [6, 6.07) is 1.35. The number of rotatable bonds is 19. The van der Waals surface area contributed by atoms with Crippen molar-refractivity contribution in [3.63, 3.8) is 0 Å². The minimum Gasteiger partial charge on any atom is -0.414 e. The van der Waals surface area contributed by atoms with E-state index < -0.39 is 8.32 Å². The maximum atomic E-state index is 6.61. The lowest BCUT2D eigenvalue weighted by molar-refractivity contribution is 0.172. The lowest BCUT2D eigenvalue weighted by Gasteiger charge is -2.29. The quantitative estimate of drug-likeness (QED) is 0.163. The molecule has 0 aliphatic carbocycles. The molecule has 0 amide bonds. The summed E-state index contributed by atoms with van der Waals surface area (Å²) >= 11 is 0. The number of hydrogen-bond acceptors (Lipinski definition) is 1. The van der Waals surface area contributed by atoms with Crippen LogP contribution in [0.15, 0.2) is 0 Å². The summed E-state index contributed by atoms with van der Waals surface area (Å²) in [5.41, 5.74) is 0. The molecule has 0 aromatic rings. The third-order valence-electron chi connectivity index (χ3n) is 5.45. The second kappa shape index (κ2) is 17.6. The molecule has 0 saturated carbocycles. The van der Waals surface area contributed by atoms with Crippen LogP contribution in [0.5, 0.6) is 0 Å². The van der Waals surface area contributed by atoms with Crippen LogP contribution in [0.2, 0.25) is 19.1 Å². The average molecular weight is 371 g/mol. The Hall–Kier alpha value is 0.177. The predicted octanol–water partition coefficient (Wildman–Crippen LogP) is 8.88. The van der Waals surface area contributed by atoms with Gasteiger partial charge in [-0.3, -0.25) is 0 Å². The van der Waals surface area contributed by atoms with Gasteiger partial charge in [-0.1, -0.05) is 111 Å². The summed E-state index contributed by atoms with van der Waals surface area (Å²) < 4.78 is 6.61. The van der Waals surface area contributed by atoms with Crippen molar-refractivity contribution in [1.29, 1.82) is 0 Å². The Balaban J connectivity index is 3.71. The molecule has 0 rings (SSSR count). The van der Waals surface area contributed by atoms with Gasteiger partial charge >= 0.3 is 0 Å². The zero-order valence-corrected chi connectivity index (χ0v) is 19.5. The second-order valence-corrected chi connectivity index (χ2v) is 12.9. The van der Waals surface area contributed by atoms with Gasteiger partial charge in [-0.05, 0) is 32.0 Å². The molecule has 1 atom stereocenters. The molecule has 0 fully saturated rings. The van der Waals surface area contributed by atoms with Gasteiger partial charge in [0.15, 0.2) is 8.32 Å². The molecule has 1 unspecified atom stereocenters. The van der Waals surface area contributed by atoms with Gasteiger partial charge in [0.2, 0.25) is 0 Å². The van der Waals surface area contributed by atoms with Crippen molar-refractivity contribution >= 4 is 8.32 Å². The Morgan fingerprint density at radius 2 is 1.04 bits per heavy atom. The van der Waals surface area contributed by atoms with Crippen LogP contribution in [-0.4, -0.2) is 14.4 Å². The van der Waals surface area contributed by atoms with E-state index in [9.17, 15) is 0 Å². The first-order valence-corrected chi connectivity index (χ1v) is 14.8. The van der Waals surface area contributed by atoms with Crippen molar-refractivity contribution in [3.8, 4) is 0 Å². The fourth-order valence-corrected chi connectivity index (χ4v) is 6.10. The Bertz CT molecular complexity index is 265. The summed E-state index contributed by atoms with van der Waals surface area (Å²) in [6.45, 7) is 11.8. The molecule has 0 bridgehead atoms. The molecule has 0 heterocycles. The normalized spacial score (nSPS) is 13.3. The van der Waals surface area contributed by atoms with Crippen LogP contribution < -0.4 is 0 Å². The molecular formula is C23H50OSi. The van der Waals surface area contributed by atoms with E-state index in [2.05, 4.69) is 33.9 Å². The standard InChI is InChI=1S/C23H50OSi/c1-6-9-11-13-15-16-17-19-21-23(8-3)24-25(4,5)22-20-18-14-12-10-7-2/h23H,6-22H2,1-5H3. The fourth-order valence-electron chi connectivity index (χ4n) is 3.69. The van der Waals surface area contributed by atoms with Gasteiger partial charge in [-0.2, -0.15) is 0 Å². The Labute approximate surface area is 161 Å². The first-order chi connectivity index (χ1) is 12.1. The molecule has 0 aliphatic rings. The average Bonchev–Trinajstić information content (AvgIpc) is 2.59. The van der Waals surface area contributed by atoms with Gasteiger partial charge in [0.1, 0.15) is 0 Å². The molecule has 1 nitrogen and oxygen atoms in total. The van der Waals surface area contributed by atoms with E-state index in [0.29, 0.717) is 6.10 Å². The van der Waals surface area contributed by atoms with E-state index in [1.807, 2.05) is 0 Å². The molecule has 0 aliphatic heterocycles. The maximum Gasteiger partial charge on any atom is 0.187 e. The van der Waals surface area contributed by atoms with Crippen molar-refractivity contribution < 1.29 is 4.43 Å². The van der Waals surface area contributed by atoms with Crippen molar-refractivity contribution in [3.05, 3.63) is 0 Å². The molecule has 0 saturated heterocycles. The van der Waals surface area contributed by atoms with Crippen molar-refractivity contribution in [2.75, 3.05) is 0 Å². The first kappa shape index (κ1) is 25.2. The monoisotopic (exact) mass is 370 g/mol. The molecule has 0 N–H and O–H groups in total. The molecule has 25 heavy (non-hydrogen) atoms. The van der Waals surface area contributed by atoms with Crippen molar-refractivity contribution in [1.82, 2.24) is 0 Å². The third kappa shape index (κ3) is 17.4. The topological polar surface area (TPSA) is 9.23 Å². The van der Waals surface area contributed by atoms with Crippen LogP contribution >= 0.6 is 0 Å². The number of hydrogen-bond donors (Lipinski definition) is 0. The summed E-state index contributed by atoms with van der Waals surface area (Å²) in [5.74, 6) is 0. The Kier molecular flexibility index (Phi) is 17.7. The highest BCUT2D eigenvalue weighted by molar-refractivity contribution is 6.71. The van der Waals surface area contributed by atoms with E-state index in [1.165, 1.54) is 109 Å². The Morgan fingerprint density at radius 3 is 1.52 bits per heavy atom. The second-order valence-electron chi connectivity index (χ2n) is 8.69. The van der Waals surface area contributed by atoms with Gasteiger partial charge in [-0.15, -0.1) is 0 Å². The number of unbranched alkanes of at least 4 members (excludes halogenated alkanes) is 12. The predicted molar refractivity (Wildman–Crippen MR) is 118 cm³/mol. The highest BCUT2D eigenvalue weighted by Gasteiger charge is 2.25. The lowest BCUT2D eigenvalue weighted by Crippen LogP contribution is -2.35. The van der Waals surface area contributed by atoms with Crippen molar-refractivity contribution in [2.45, 2.75) is 149 Å². The molecule has 0 spiro atoms. The summed E-state index contributed by atoms with van der Waals surface area (Å²) in [7, 11) is -1.45. The van der Waals surface area contributed by atoms with Gasteiger partial charge in [-0.25, -0.2) is 0 Å². The van der Waals surface area contributed by atoms with Gasteiger partial charge in [0.05, 0.1) is 0 Å². The molecule has 152 valence electrons. The van der Waals surface area contributed by atoms with E-state index in [0.717, 1.165) is 0 Å².